The van der Waals surface area contributed by atoms with E-state index in [1.807, 2.05) is 30.3 Å². The number of rotatable bonds is 6. The van der Waals surface area contributed by atoms with E-state index < -0.39 is 18.2 Å². The Labute approximate surface area is 141 Å². The molecule has 1 saturated heterocycles. The van der Waals surface area contributed by atoms with Gasteiger partial charge in [-0.15, -0.1) is 0 Å². The van der Waals surface area contributed by atoms with Crippen molar-refractivity contribution in [1.29, 1.82) is 0 Å². The van der Waals surface area contributed by atoms with Crippen molar-refractivity contribution in [2.45, 2.75) is 25.1 Å². The van der Waals surface area contributed by atoms with Crippen molar-refractivity contribution >= 4 is 11.9 Å². The van der Waals surface area contributed by atoms with E-state index in [2.05, 4.69) is 12.3 Å². The molecule has 0 saturated carbocycles. The molecule has 1 aromatic rings. The van der Waals surface area contributed by atoms with Gasteiger partial charge in [-0.3, -0.25) is 9.69 Å². The topological polar surface area (TPSA) is 65.1 Å². The van der Waals surface area contributed by atoms with Crippen LogP contribution in [0.1, 0.15) is 12.0 Å². The molecule has 1 aliphatic heterocycles. The number of amides is 1. The Hall–Kier alpha value is -2.56. The number of ketones is 1. The number of ether oxygens (including phenoxy) is 3. The largest absolute Gasteiger partial charge is 0.490 e. The lowest BCUT2D eigenvalue weighted by Gasteiger charge is -2.28. The smallest absolute Gasteiger partial charge is 0.411 e. The van der Waals surface area contributed by atoms with Crippen LogP contribution in [0.4, 0.5) is 4.79 Å². The zero-order valence-corrected chi connectivity index (χ0v) is 13.9. The van der Waals surface area contributed by atoms with Crippen molar-refractivity contribution in [2.75, 3.05) is 20.8 Å². The minimum atomic E-state index is -0.879. The maximum absolute atomic E-state index is 12.6. The van der Waals surface area contributed by atoms with Crippen LogP contribution in [0.15, 0.2) is 48.4 Å². The van der Waals surface area contributed by atoms with Crippen molar-refractivity contribution in [3.63, 3.8) is 0 Å². The highest BCUT2D eigenvalue weighted by molar-refractivity contribution is 5.93. The van der Waals surface area contributed by atoms with Gasteiger partial charge in [0.15, 0.2) is 17.6 Å². The van der Waals surface area contributed by atoms with Gasteiger partial charge in [-0.2, -0.15) is 0 Å². The Bertz CT molecular complexity index is 636. The van der Waals surface area contributed by atoms with E-state index in [0.29, 0.717) is 0 Å². The zero-order chi connectivity index (χ0) is 17.5. The fourth-order valence-electron chi connectivity index (χ4n) is 2.74. The molecule has 0 radical (unpaired) electrons. The van der Waals surface area contributed by atoms with Gasteiger partial charge in [0.2, 0.25) is 0 Å². The summed E-state index contributed by atoms with van der Waals surface area (Å²) in [5.41, 5.74) is 3.44. The third-order valence-corrected chi connectivity index (χ3v) is 3.83. The fraction of sp³-hybridized carbons (Fsp3) is 0.389. The quantitative estimate of drug-likeness (QED) is 0.591. The van der Waals surface area contributed by atoms with Gasteiger partial charge in [-0.05, 0) is 5.56 Å². The number of Topliss-reactive ketones (excluding diaryl/α,β-unsaturated/α-hetero) is 1. The van der Waals surface area contributed by atoms with Crippen LogP contribution in [-0.2, 0) is 25.6 Å². The molecule has 6 heteroatoms. The molecule has 2 atom stereocenters. The van der Waals surface area contributed by atoms with Gasteiger partial charge in [0, 0.05) is 13.5 Å². The SMILES string of the molecule is C=C=C(OC)C1C(=O)CC(COC)N1C(=O)OCc1ccccc1. The van der Waals surface area contributed by atoms with Crippen LogP contribution in [-0.4, -0.2) is 49.7 Å². The monoisotopic (exact) mass is 331 g/mol. The van der Waals surface area contributed by atoms with Gasteiger partial charge < -0.3 is 14.2 Å². The highest BCUT2D eigenvalue weighted by Crippen LogP contribution is 2.27. The van der Waals surface area contributed by atoms with Crippen LogP contribution in [0.25, 0.3) is 0 Å². The first-order chi connectivity index (χ1) is 11.6. The first-order valence-corrected chi connectivity index (χ1v) is 7.57. The Balaban J connectivity index is 2.18. The third kappa shape index (κ3) is 3.85. The number of nitrogens with zero attached hydrogens (tertiary/aromatic N) is 1. The Kier molecular flexibility index (Phi) is 6.18. The lowest BCUT2D eigenvalue weighted by Crippen LogP contribution is -2.45. The number of carbonyl (C=O) groups excluding carboxylic acids is 2. The minimum absolute atomic E-state index is 0.122. The van der Waals surface area contributed by atoms with E-state index >= 15 is 0 Å². The molecule has 0 aliphatic carbocycles. The molecule has 0 N–H and O–H groups in total. The van der Waals surface area contributed by atoms with Crippen molar-refractivity contribution in [3.8, 4) is 0 Å². The number of methoxy groups -OCH3 is 2. The molecule has 1 aromatic carbocycles. The molecular formula is C18H21NO5. The molecule has 128 valence electrons. The second kappa shape index (κ2) is 8.34. The van der Waals surface area contributed by atoms with E-state index in [1.165, 1.54) is 19.1 Å². The van der Waals surface area contributed by atoms with E-state index in [4.69, 9.17) is 14.2 Å². The molecule has 2 rings (SSSR count). The predicted octanol–water partition coefficient (Wildman–Crippen LogP) is 2.30. The van der Waals surface area contributed by atoms with Gasteiger partial charge in [0.05, 0.1) is 19.8 Å². The number of benzene rings is 1. The molecule has 1 fully saturated rings. The summed E-state index contributed by atoms with van der Waals surface area (Å²) in [4.78, 5) is 26.3. The van der Waals surface area contributed by atoms with Crippen LogP contribution >= 0.6 is 0 Å². The Morgan fingerprint density at radius 3 is 2.62 bits per heavy atom. The van der Waals surface area contributed by atoms with E-state index in [9.17, 15) is 9.59 Å². The molecular weight excluding hydrogens is 310 g/mol. The van der Waals surface area contributed by atoms with Crippen LogP contribution < -0.4 is 0 Å². The van der Waals surface area contributed by atoms with Crippen LogP contribution in [0, 0.1) is 0 Å². The Morgan fingerprint density at radius 1 is 1.33 bits per heavy atom. The summed E-state index contributed by atoms with van der Waals surface area (Å²) in [6.45, 7) is 3.87. The summed E-state index contributed by atoms with van der Waals surface area (Å²) in [5, 5.41) is 0. The van der Waals surface area contributed by atoms with Gasteiger partial charge in [0.1, 0.15) is 6.61 Å². The van der Waals surface area contributed by atoms with Crippen LogP contribution in [0.2, 0.25) is 0 Å². The molecule has 24 heavy (non-hydrogen) atoms. The highest BCUT2D eigenvalue weighted by Gasteiger charge is 2.46. The molecule has 6 nitrogen and oxygen atoms in total. The van der Waals surface area contributed by atoms with Crippen molar-refractivity contribution in [1.82, 2.24) is 4.90 Å². The standard InChI is InChI=1S/C18H21NO5/c1-4-16(23-3)17-15(20)10-14(12-22-2)19(17)18(21)24-11-13-8-6-5-7-9-13/h5-9,14,17H,1,10-12H2,2-3H3. The first-order valence-electron chi connectivity index (χ1n) is 7.57. The second-order valence-corrected chi connectivity index (χ2v) is 5.37. The summed E-state index contributed by atoms with van der Waals surface area (Å²) in [5.74, 6) is 0.0528. The lowest BCUT2D eigenvalue weighted by molar-refractivity contribution is -0.119. The number of likely N-dealkylation sites (tertiary alicyclic amines) is 1. The molecule has 2 unspecified atom stereocenters. The summed E-state index contributed by atoms with van der Waals surface area (Å²) in [7, 11) is 2.93. The third-order valence-electron chi connectivity index (χ3n) is 3.83. The van der Waals surface area contributed by atoms with E-state index in [-0.39, 0.29) is 31.2 Å². The van der Waals surface area contributed by atoms with E-state index in [1.54, 1.807) is 0 Å². The average molecular weight is 331 g/mol. The van der Waals surface area contributed by atoms with Crippen molar-refractivity contribution in [3.05, 3.63) is 54.0 Å². The highest BCUT2D eigenvalue weighted by atomic mass is 16.6. The normalized spacial score (nSPS) is 19.8. The van der Waals surface area contributed by atoms with Crippen LogP contribution in [0.3, 0.4) is 0 Å². The Morgan fingerprint density at radius 2 is 2.04 bits per heavy atom. The first kappa shape index (κ1) is 17.8. The zero-order valence-electron chi connectivity index (χ0n) is 13.9. The van der Waals surface area contributed by atoms with Crippen molar-refractivity contribution in [2.24, 2.45) is 0 Å². The number of hydrogen-bond donors (Lipinski definition) is 0. The van der Waals surface area contributed by atoms with Crippen LogP contribution in [0.5, 0.6) is 0 Å². The maximum Gasteiger partial charge on any atom is 0.411 e. The lowest BCUT2D eigenvalue weighted by atomic mass is 10.1. The predicted molar refractivity (Wildman–Crippen MR) is 87.2 cm³/mol. The molecule has 1 heterocycles. The molecule has 1 aliphatic rings. The van der Waals surface area contributed by atoms with Gasteiger partial charge in [0.25, 0.3) is 0 Å². The maximum atomic E-state index is 12.6. The fourth-order valence-corrected chi connectivity index (χ4v) is 2.74. The van der Waals surface area contributed by atoms with Crippen molar-refractivity contribution < 1.29 is 23.8 Å². The molecule has 0 aromatic heterocycles. The average Bonchev–Trinajstić information content (AvgIpc) is 2.92. The molecule has 0 spiro atoms. The van der Waals surface area contributed by atoms with E-state index in [0.717, 1.165) is 5.56 Å². The van der Waals surface area contributed by atoms with Gasteiger partial charge >= 0.3 is 6.09 Å². The summed E-state index contributed by atoms with van der Waals surface area (Å²) >= 11 is 0. The second-order valence-electron chi connectivity index (χ2n) is 5.37. The van der Waals surface area contributed by atoms with Gasteiger partial charge in [-0.25, -0.2) is 4.79 Å². The molecule has 1 amide bonds. The summed E-state index contributed by atoms with van der Waals surface area (Å²) in [6, 6.07) is 8.04. The molecule has 0 bridgehead atoms. The minimum Gasteiger partial charge on any atom is -0.490 e. The number of carbonyl (C=O) groups is 2. The summed E-state index contributed by atoms with van der Waals surface area (Å²) < 4.78 is 15.6. The van der Waals surface area contributed by atoms with Gasteiger partial charge in [-0.1, -0.05) is 42.6 Å². The number of hydrogen-bond acceptors (Lipinski definition) is 5. The summed E-state index contributed by atoms with van der Waals surface area (Å²) in [6.07, 6.45) is -0.422.